The van der Waals surface area contributed by atoms with Crippen LogP contribution in [-0.2, 0) is 11.2 Å². The Labute approximate surface area is 161 Å². The fourth-order valence-electron chi connectivity index (χ4n) is 2.74. The molecule has 2 aromatic carbocycles. The van der Waals surface area contributed by atoms with E-state index in [2.05, 4.69) is 23.3 Å². The smallest absolute Gasteiger partial charge is 0.269 e. The van der Waals surface area contributed by atoms with E-state index >= 15 is 0 Å². The Balaban J connectivity index is 1.70. The average Bonchev–Trinajstić information content (AvgIpc) is 2.67. The van der Waals surface area contributed by atoms with Gasteiger partial charge in [0.1, 0.15) is 5.03 Å². The van der Waals surface area contributed by atoms with Crippen LogP contribution < -0.4 is 5.32 Å². The molecule has 138 valence electrons. The number of para-hydroxylation sites is 1. The van der Waals surface area contributed by atoms with E-state index < -0.39 is 4.92 Å². The average molecular weight is 381 g/mol. The number of nitrogens with zero attached hydrogens (tertiary/aromatic N) is 2. The lowest BCUT2D eigenvalue weighted by Crippen LogP contribution is -2.15. The summed E-state index contributed by atoms with van der Waals surface area (Å²) in [5.41, 5.74) is 3.25. The zero-order valence-corrected chi connectivity index (χ0v) is 15.9. The van der Waals surface area contributed by atoms with Gasteiger partial charge >= 0.3 is 0 Å². The van der Waals surface area contributed by atoms with E-state index in [0.717, 1.165) is 27.9 Å². The second-order valence-corrected chi connectivity index (χ2v) is 7.06. The van der Waals surface area contributed by atoms with Crippen LogP contribution in [0.4, 0.5) is 11.4 Å². The third-order valence-corrected chi connectivity index (χ3v) is 5.21. The van der Waals surface area contributed by atoms with E-state index in [0.29, 0.717) is 11.3 Å². The monoisotopic (exact) mass is 381 g/mol. The zero-order valence-electron chi connectivity index (χ0n) is 15.1. The summed E-state index contributed by atoms with van der Waals surface area (Å²) in [5.74, 6) is 0.0448. The molecule has 0 aliphatic carbocycles. The predicted octanol–water partition coefficient (Wildman–Crippen LogP) is 4.74. The summed E-state index contributed by atoms with van der Waals surface area (Å²) in [6.45, 7) is 3.80. The van der Waals surface area contributed by atoms with Crippen LogP contribution in [-0.4, -0.2) is 21.6 Å². The van der Waals surface area contributed by atoms with Gasteiger partial charge in [0, 0.05) is 23.2 Å². The fraction of sp³-hybridized carbons (Fsp3) is 0.200. The maximum absolute atomic E-state index is 12.3. The van der Waals surface area contributed by atoms with Crippen LogP contribution in [0, 0.1) is 17.0 Å². The summed E-state index contributed by atoms with van der Waals surface area (Å²) in [4.78, 5) is 27.4. The zero-order chi connectivity index (χ0) is 19.4. The van der Waals surface area contributed by atoms with Crippen molar-refractivity contribution in [3.63, 3.8) is 0 Å². The lowest BCUT2D eigenvalue weighted by molar-refractivity contribution is -0.384. The molecule has 1 aromatic heterocycles. The number of carbonyl (C=O) groups is 1. The number of rotatable bonds is 6. The van der Waals surface area contributed by atoms with Crippen LogP contribution in [0.5, 0.6) is 0 Å². The first-order valence-electron chi connectivity index (χ1n) is 8.54. The van der Waals surface area contributed by atoms with Crippen LogP contribution in [0.25, 0.3) is 10.9 Å². The molecule has 0 saturated heterocycles. The Morgan fingerprint density at radius 2 is 2.00 bits per heavy atom. The van der Waals surface area contributed by atoms with Gasteiger partial charge in [0.05, 0.1) is 16.2 Å². The van der Waals surface area contributed by atoms with E-state index in [1.807, 2.05) is 24.3 Å². The standard InChI is InChI=1S/C20H19N3O3S/c1-3-14-11-15-6-4-5-7-18(15)22-20(14)27-12-19(24)21-17-9-8-16(23(25)26)10-13(17)2/h4-11H,3,12H2,1-2H3,(H,21,24). The van der Waals surface area contributed by atoms with Crippen molar-refractivity contribution >= 4 is 39.9 Å². The number of aromatic nitrogens is 1. The molecule has 0 radical (unpaired) electrons. The van der Waals surface area contributed by atoms with Gasteiger partial charge in [0.2, 0.25) is 5.91 Å². The Kier molecular flexibility index (Phi) is 5.71. The van der Waals surface area contributed by atoms with Gasteiger partial charge in [-0.25, -0.2) is 4.98 Å². The van der Waals surface area contributed by atoms with Gasteiger partial charge in [-0.1, -0.05) is 36.9 Å². The molecule has 0 fully saturated rings. The van der Waals surface area contributed by atoms with Crippen LogP contribution in [0.2, 0.25) is 0 Å². The normalized spacial score (nSPS) is 10.7. The number of anilines is 1. The highest BCUT2D eigenvalue weighted by Gasteiger charge is 2.12. The van der Waals surface area contributed by atoms with E-state index in [1.165, 1.54) is 23.9 Å². The molecule has 7 heteroatoms. The topological polar surface area (TPSA) is 85.1 Å². The fourth-order valence-corrected chi connectivity index (χ4v) is 3.63. The van der Waals surface area contributed by atoms with Crippen LogP contribution in [0.1, 0.15) is 18.1 Å². The first-order chi connectivity index (χ1) is 13.0. The van der Waals surface area contributed by atoms with Gasteiger partial charge < -0.3 is 5.32 Å². The van der Waals surface area contributed by atoms with Gasteiger partial charge in [-0.2, -0.15) is 0 Å². The quantitative estimate of drug-likeness (QED) is 0.378. The van der Waals surface area contributed by atoms with Crippen LogP contribution in [0.15, 0.2) is 53.6 Å². The van der Waals surface area contributed by atoms with E-state index in [-0.39, 0.29) is 17.3 Å². The molecule has 6 nitrogen and oxygen atoms in total. The van der Waals surface area contributed by atoms with Gasteiger partial charge in [0.25, 0.3) is 5.69 Å². The van der Waals surface area contributed by atoms with Gasteiger partial charge in [-0.15, -0.1) is 0 Å². The molecule has 1 N–H and O–H groups in total. The van der Waals surface area contributed by atoms with Crippen molar-refractivity contribution in [1.82, 2.24) is 4.98 Å². The maximum Gasteiger partial charge on any atom is 0.269 e. The van der Waals surface area contributed by atoms with E-state index in [4.69, 9.17) is 0 Å². The largest absolute Gasteiger partial charge is 0.325 e. The van der Waals surface area contributed by atoms with Crippen molar-refractivity contribution in [1.29, 1.82) is 0 Å². The molecule has 3 aromatic rings. The van der Waals surface area contributed by atoms with Crippen molar-refractivity contribution in [2.24, 2.45) is 0 Å². The van der Waals surface area contributed by atoms with Gasteiger partial charge in [-0.05, 0) is 42.7 Å². The highest BCUT2D eigenvalue weighted by Crippen LogP contribution is 2.26. The Hall–Kier alpha value is -2.93. The molecule has 0 saturated carbocycles. The highest BCUT2D eigenvalue weighted by atomic mass is 32.2. The molecule has 0 bridgehead atoms. The second kappa shape index (κ2) is 8.18. The Morgan fingerprint density at radius 1 is 1.22 bits per heavy atom. The summed E-state index contributed by atoms with van der Waals surface area (Å²) in [6.07, 6.45) is 0.837. The SMILES string of the molecule is CCc1cc2ccccc2nc1SCC(=O)Nc1ccc([N+](=O)[O-])cc1C. The van der Waals surface area contributed by atoms with E-state index in [9.17, 15) is 14.9 Å². The van der Waals surface area contributed by atoms with Gasteiger partial charge in [-0.3, -0.25) is 14.9 Å². The molecule has 3 rings (SSSR count). The summed E-state index contributed by atoms with van der Waals surface area (Å²) >= 11 is 1.40. The first-order valence-corrected chi connectivity index (χ1v) is 9.53. The maximum atomic E-state index is 12.3. The number of nitro benzene ring substituents is 1. The minimum atomic E-state index is -0.452. The van der Waals surface area contributed by atoms with Crippen molar-refractivity contribution in [2.45, 2.75) is 25.3 Å². The Bertz CT molecular complexity index is 1020. The lowest BCUT2D eigenvalue weighted by Gasteiger charge is -2.10. The molecule has 1 heterocycles. The summed E-state index contributed by atoms with van der Waals surface area (Å²) in [7, 11) is 0. The van der Waals surface area contributed by atoms with Crippen LogP contribution in [0.3, 0.4) is 0 Å². The molecular weight excluding hydrogens is 362 g/mol. The molecule has 1 amide bonds. The molecule has 0 spiro atoms. The predicted molar refractivity (Wildman–Crippen MR) is 108 cm³/mol. The van der Waals surface area contributed by atoms with Crippen molar-refractivity contribution < 1.29 is 9.72 Å². The summed E-state index contributed by atoms with van der Waals surface area (Å²) in [6, 6.07) is 14.4. The lowest BCUT2D eigenvalue weighted by atomic mass is 10.1. The van der Waals surface area contributed by atoms with Crippen molar-refractivity contribution in [3.8, 4) is 0 Å². The number of amides is 1. The molecule has 0 unspecified atom stereocenters. The highest BCUT2D eigenvalue weighted by molar-refractivity contribution is 8.00. The molecule has 27 heavy (non-hydrogen) atoms. The summed E-state index contributed by atoms with van der Waals surface area (Å²) < 4.78 is 0. The number of hydrogen-bond donors (Lipinski definition) is 1. The molecular formula is C20H19N3O3S. The first kappa shape index (κ1) is 18.8. The number of aryl methyl sites for hydroxylation is 2. The third-order valence-electron chi connectivity index (χ3n) is 4.18. The second-order valence-electron chi connectivity index (χ2n) is 6.09. The molecule has 0 aliphatic rings. The number of benzene rings is 2. The number of hydrogen-bond acceptors (Lipinski definition) is 5. The van der Waals surface area contributed by atoms with Crippen LogP contribution >= 0.6 is 11.8 Å². The van der Waals surface area contributed by atoms with E-state index in [1.54, 1.807) is 13.0 Å². The number of nitro groups is 1. The minimum Gasteiger partial charge on any atom is -0.325 e. The van der Waals surface area contributed by atoms with Crippen molar-refractivity contribution in [2.75, 3.05) is 11.1 Å². The third kappa shape index (κ3) is 4.43. The molecule has 0 aliphatic heterocycles. The number of thioether (sulfide) groups is 1. The number of pyridine rings is 1. The summed E-state index contributed by atoms with van der Waals surface area (Å²) in [5, 5.41) is 15.6. The number of nitrogens with one attached hydrogen (secondary N) is 1. The Morgan fingerprint density at radius 3 is 2.70 bits per heavy atom. The van der Waals surface area contributed by atoms with Gasteiger partial charge in [0.15, 0.2) is 0 Å². The number of carbonyl (C=O) groups excluding carboxylic acids is 1. The molecule has 0 atom stereocenters. The number of fused-ring (bicyclic) bond motifs is 1. The van der Waals surface area contributed by atoms with Crippen molar-refractivity contribution in [3.05, 3.63) is 69.8 Å². The number of non-ortho nitro benzene ring substituents is 1. The minimum absolute atomic E-state index is 0.00725.